The predicted molar refractivity (Wildman–Crippen MR) is 83.1 cm³/mol. The van der Waals surface area contributed by atoms with E-state index >= 15 is 0 Å². The van der Waals surface area contributed by atoms with Gasteiger partial charge in [0, 0.05) is 11.8 Å². The highest BCUT2D eigenvalue weighted by Gasteiger charge is 2.13. The Morgan fingerprint density at radius 2 is 1.79 bits per heavy atom. The third kappa shape index (κ3) is 2.50. The SMILES string of the molecule is Br.Br.Cc1cccc(-c2nc(=O)c3cnc(=O)c2=3)c1. The van der Waals surface area contributed by atoms with Crippen LogP contribution in [0, 0.1) is 17.4 Å². The van der Waals surface area contributed by atoms with Crippen LogP contribution in [0.1, 0.15) is 5.56 Å². The largest absolute Gasteiger partial charge is 0.280 e. The van der Waals surface area contributed by atoms with Crippen molar-refractivity contribution in [3.8, 4) is 11.3 Å². The van der Waals surface area contributed by atoms with Crippen LogP contribution in [0.3, 0.4) is 0 Å². The lowest BCUT2D eigenvalue weighted by Gasteiger charge is -1.97. The van der Waals surface area contributed by atoms with E-state index in [4.69, 9.17) is 0 Å². The van der Waals surface area contributed by atoms with Crippen molar-refractivity contribution in [1.82, 2.24) is 9.97 Å². The van der Waals surface area contributed by atoms with Gasteiger partial charge in [0.15, 0.2) is 0 Å². The lowest BCUT2D eigenvalue weighted by atomic mass is 10.1. The maximum absolute atomic E-state index is 11.6. The van der Waals surface area contributed by atoms with E-state index in [1.807, 2.05) is 31.2 Å². The van der Waals surface area contributed by atoms with Crippen molar-refractivity contribution >= 4 is 34.0 Å². The predicted octanol–water partition coefficient (Wildman–Crippen LogP) is 1.93. The molecule has 0 spiro atoms. The van der Waals surface area contributed by atoms with Crippen LogP contribution in [-0.4, -0.2) is 9.97 Å². The Kier molecular flexibility index (Phi) is 4.70. The fraction of sp³-hybridized carbons (Fsp3) is 0.0769. The van der Waals surface area contributed by atoms with Crippen LogP contribution in [-0.2, 0) is 0 Å². The summed E-state index contributed by atoms with van der Waals surface area (Å²) in [5.41, 5.74) is 1.51. The number of aryl methyl sites for hydroxylation is 1. The molecule has 0 N–H and O–H groups in total. The second-order valence-electron chi connectivity index (χ2n) is 3.99. The average molecular weight is 386 g/mol. The van der Waals surface area contributed by atoms with Crippen LogP contribution < -0.4 is 11.1 Å². The van der Waals surface area contributed by atoms with Gasteiger partial charge in [0.1, 0.15) is 0 Å². The minimum absolute atomic E-state index is 0. The second-order valence-corrected chi connectivity index (χ2v) is 3.99. The fourth-order valence-electron chi connectivity index (χ4n) is 1.98. The Hall–Kier alpha value is -1.40. The number of rotatable bonds is 1. The van der Waals surface area contributed by atoms with Gasteiger partial charge in [0.2, 0.25) is 0 Å². The highest BCUT2D eigenvalue weighted by atomic mass is 79.9. The molecule has 2 aliphatic rings. The van der Waals surface area contributed by atoms with E-state index in [1.165, 1.54) is 6.20 Å². The normalized spacial score (nSPS) is 9.95. The van der Waals surface area contributed by atoms with Gasteiger partial charge >= 0.3 is 0 Å². The minimum Gasteiger partial charge on any atom is -0.267 e. The van der Waals surface area contributed by atoms with Gasteiger partial charge in [-0.05, 0) is 13.0 Å². The molecule has 0 saturated carbocycles. The lowest BCUT2D eigenvalue weighted by Crippen LogP contribution is -2.02. The zero-order valence-corrected chi connectivity index (χ0v) is 13.3. The first kappa shape index (κ1) is 15.7. The quantitative estimate of drug-likeness (QED) is 0.642. The smallest absolute Gasteiger partial charge is 0.267 e. The molecule has 4 nitrogen and oxygen atoms in total. The molecule has 6 heteroatoms. The van der Waals surface area contributed by atoms with Crippen LogP contribution >= 0.6 is 34.0 Å². The Balaban J connectivity index is 0.000000902. The van der Waals surface area contributed by atoms with Crippen LogP contribution in [0.2, 0.25) is 0 Å². The first-order chi connectivity index (χ1) is 8.16. The molecule has 19 heavy (non-hydrogen) atoms. The summed E-state index contributed by atoms with van der Waals surface area (Å²) in [6, 6.07) is 7.55. The highest BCUT2D eigenvalue weighted by Crippen LogP contribution is 2.18. The number of benzene rings is 1. The highest BCUT2D eigenvalue weighted by molar-refractivity contribution is 8.93. The summed E-state index contributed by atoms with van der Waals surface area (Å²) in [5, 5.41) is 0.645. The topological polar surface area (TPSA) is 59.9 Å². The molecule has 0 radical (unpaired) electrons. The third-order valence-electron chi connectivity index (χ3n) is 2.77. The van der Waals surface area contributed by atoms with Crippen molar-refractivity contribution in [3.05, 3.63) is 67.2 Å². The number of nitrogens with zero attached hydrogens (tertiary/aromatic N) is 2. The second kappa shape index (κ2) is 5.71. The first-order valence-corrected chi connectivity index (χ1v) is 5.20. The van der Waals surface area contributed by atoms with Crippen molar-refractivity contribution in [1.29, 1.82) is 0 Å². The van der Waals surface area contributed by atoms with Gasteiger partial charge in [0.25, 0.3) is 11.1 Å². The Morgan fingerprint density at radius 3 is 2.47 bits per heavy atom. The molecule has 0 bridgehead atoms. The van der Waals surface area contributed by atoms with Gasteiger partial charge in [-0.15, -0.1) is 34.0 Å². The van der Waals surface area contributed by atoms with Crippen molar-refractivity contribution in [2.24, 2.45) is 0 Å². The minimum atomic E-state index is -0.383. The molecule has 0 aromatic heterocycles. The molecule has 0 saturated heterocycles. The summed E-state index contributed by atoms with van der Waals surface area (Å²) in [6.45, 7) is 1.95. The van der Waals surface area contributed by atoms with Crippen molar-refractivity contribution in [2.75, 3.05) is 0 Å². The van der Waals surface area contributed by atoms with E-state index in [2.05, 4.69) is 9.97 Å². The van der Waals surface area contributed by atoms with E-state index in [1.54, 1.807) is 0 Å². The summed E-state index contributed by atoms with van der Waals surface area (Å²) < 4.78 is 0. The van der Waals surface area contributed by atoms with Crippen molar-refractivity contribution < 1.29 is 0 Å². The van der Waals surface area contributed by atoms with Gasteiger partial charge in [-0.1, -0.05) is 23.8 Å². The standard InChI is InChI=1S/C13H8N2O2.2BrH/c1-7-3-2-4-8(5-7)11-10-9(12(16)15-11)6-14-13(10)17;;/h2-6H,1H3;2*1H. The Labute approximate surface area is 129 Å². The van der Waals surface area contributed by atoms with E-state index in [0.29, 0.717) is 16.1 Å². The van der Waals surface area contributed by atoms with Crippen molar-refractivity contribution in [3.63, 3.8) is 0 Å². The molecule has 2 heterocycles. The lowest BCUT2D eigenvalue weighted by molar-refractivity contribution is 1.23. The number of aromatic nitrogens is 2. The number of hydrogen-bond acceptors (Lipinski definition) is 4. The van der Waals surface area contributed by atoms with E-state index in [9.17, 15) is 9.59 Å². The van der Waals surface area contributed by atoms with E-state index in [0.717, 1.165) is 11.1 Å². The van der Waals surface area contributed by atoms with Crippen LogP contribution in [0.15, 0.2) is 40.1 Å². The number of hydrogen-bond donors (Lipinski definition) is 0. The number of halogens is 2. The molecule has 0 amide bonds. The molecular weight excluding hydrogens is 376 g/mol. The third-order valence-corrected chi connectivity index (χ3v) is 2.77. The Morgan fingerprint density at radius 1 is 1.05 bits per heavy atom. The van der Waals surface area contributed by atoms with E-state index in [-0.39, 0.29) is 45.1 Å². The van der Waals surface area contributed by atoms with E-state index < -0.39 is 0 Å². The van der Waals surface area contributed by atoms with Crippen LogP contribution in [0.4, 0.5) is 0 Å². The Bertz CT molecular complexity index is 852. The average Bonchev–Trinajstić information content (AvgIpc) is 2.82. The van der Waals surface area contributed by atoms with Gasteiger partial charge < -0.3 is 0 Å². The molecule has 0 atom stereocenters. The van der Waals surface area contributed by atoms with Crippen molar-refractivity contribution in [2.45, 2.75) is 6.92 Å². The molecule has 98 valence electrons. The summed E-state index contributed by atoms with van der Waals surface area (Å²) in [6.07, 6.45) is 1.30. The van der Waals surface area contributed by atoms with Gasteiger partial charge in [-0.25, -0.2) is 9.97 Å². The van der Waals surface area contributed by atoms with Gasteiger partial charge in [-0.2, -0.15) is 0 Å². The summed E-state index contributed by atoms with van der Waals surface area (Å²) >= 11 is 0. The molecule has 2 aliphatic heterocycles. The summed E-state index contributed by atoms with van der Waals surface area (Å²) in [7, 11) is 0. The van der Waals surface area contributed by atoms with Gasteiger partial charge in [0.05, 0.1) is 16.1 Å². The monoisotopic (exact) mass is 384 g/mol. The molecule has 1 aromatic carbocycles. The molecule has 0 aliphatic carbocycles. The summed E-state index contributed by atoms with van der Waals surface area (Å²) in [4.78, 5) is 30.7. The molecule has 0 fully saturated rings. The molecule has 1 aromatic rings. The molecular formula is C13H10Br2N2O2. The zero-order valence-electron chi connectivity index (χ0n) is 9.91. The van der Waals surface area contributed by atoms with Crippen LogP contribution in [0.25, 0.3) is 11.3 Å². The maximum atomic E-state index is 11.6. The van der Waals surface area contributed by atoms with Crippen LogP contribution in [0.5, 0.6) is 0 Å². The zero-order chi connectivity index (χ0) is 12.0. The first-order valence-electron chi connectivity index (χ1n) is 5.20. The van der Waals surface area contributed by atoms with Gasteiger partial charge in [-0.3, -0.25) is 9.59 Å². The maximum Gasteiger partial charge on any atom is 0.280 e. The summed E-state index contributed by atoms with van der Waals surface area (Å²) in [5.74, 6) is 0. The fourth-order valence-corrected chi connectivity index (χ4v) is 1.98. The molecule has 3 rings (SSSR count). The molecule has 0 unspecified atom stereocenters.